The van der Waals surface area contributed by atoms with Crippen molar-refractivity contribution in [2.45, 2.75) is 26.5 Å². The van der Waals surface area contributed by atoms with E-state index in [4.69, 9.17) is 4.74 Å². The molecule has 0 heterocycles. The maximum Gasteiger partial charge on any atom is 0.407 e. The Kier molecular flexibility index (Phi) is 6.46. The highest BCUT2D eigenvalue weighted by molar-refractivity contribution is 6.01. The maximum absolute atomic E-state index is 12.2. The number of nitrogens with one attached hydrogen (secondary N) is 1. The van der Waals surface area contributed by atoms with E-state index in [0.29, 0.717) is 5.56 Å². The Labute approximate surface area is 147 Å². The zero-order chi connectivity index (χ0) is 18.2. The van der Waals surface area contributed by atoms with Gasteiger partial charge in [0.05, 0.1) is 6.04 Å². The molecule has 0 radical (unpaired) electrons. The van der Waals surface area contributed by atoms with Crippen molar-refractivity contribution >= 4 is 17.7 Å². The molecule has 1 amide bonds. The Bertz CT molecular complexity index is 714. The van der Waals surface area contributed by atoms with Crippen molar-refractivity contribution in [1.82, 2.24) is 5.32 Å². The highest BCUT2D eigenvalue weighted by atomic mass is 16.5. The van der Waals surface area contributed by atoms with Gasteiger partial charge in [0.25, 0.3) is 0 Å². The Balaban J connectivity index is 2.14. The number of hydrogen-bond acceptors (Lipinski definition) is 4. The van der Waals surface area contributed by atoms with Gasteiger partial charge in [-0.05, 0) is 25.0 Å². The summed E-state index contributed by atoms with van der Waals surface area (Å²) >= 11 is 0. The van der Waals surface area contributed by atoms with E-state index in [-0.39, 0.29) is 18.2 Å². The van der Waals surface area contributed by atoms with E-state index in [9.17, 15) is 14.4 Å². The molecule has 5 heteroatoms. The van der Waals surface area contributed by atoms with Crippen molar-refractivity contribution in [3.8, 4) is 0 Å². The van der Waals surface area contributed by atoms with Gasteiger partial charge < -0.3 is 10.1 Å². The monoisotopic (exact) mass is 339 g/mol. The summed E-state index contributed by atoms with van der Waals surface area (Å²) in [6, 6.07) is 17.4. The molecule has 0 saturated carbocycles. The molecule has 1 atom stereocenters. The van der Waals surface area contributed by atoms with E-state index in [0.717, 1.165) is 5.56 Å². The molecule has 1 N–H and O–H groups in total. The summed E-state index contributed by atoms with van der Waals surface area (Å²) in [7, 11) is 0. The van der Waals surface area contributed by atoms with Crippen LogP contribution in [0, 0.1) is 5.92 Å². The Morgan fingerprint density at radius 3 is 1.92 bits per heavy atom. The van der Waals surface area contributed by atoms with Crippen LogP contribution < -0.4 is 5.32 Å². The molecular weight excluding hydrogens is 318 g/mol. The molecular formula is C20H21NO4. The van der Waals surface area contributed by atoms with Gasteiger partial charge >= 0.3 is 6.09 Å². The summed E-state index contributed by atoms with van der Waals surface area (Å²) in [4.78, 5) is 36.1. The SMILES string of the molecule is CC(=O)C(C(C)=O)C(NC(=O)OCc1ccccc1)c1ccccc1. The van der Waals surface area contributed by atoms with E-state index in [2.05, 4.69) is 5.32 Å². The number of amides is 1. The molecule has 2 rings (SSSR count). The van der Waals surface area contributed by atoms with Crippen molar-refractivity contribution in [3.63, 3.8) is 0 Å². The first-order valence-electron chi connectivity index (χ1n) is 8.02. The lowest BCUT2D eigenvalue weighted by Crippen LogP contribution is -2.39. The lowest BCUT2D eigenvalue weighted by Gasteiger charge is -2.24. The van der Waals surface area contributed by atoms with Crippen LogP contribution in [0.2, 0.25) is 0 Å². The normalized spacial score (nSPS) is 11.6. The lowest BCUT2D eigenvalue weighted by molar-refractivity contribution is -0.131. The minimum Gasteiger partial charge on any atom is -0.445 e. The fraction of sp³-hybridized carbons (Fsp3) is 0.250. The second kappa shape index (κ2) is 8.78. The van der Waals surface area contributed by atoms with Crippen LogP contribution in [-0.4, -0.2) is 17.7 Å². The Morgan fingerprint density at radius 1 is 0.880 bits per heavy atom. The summed E-state index contributed by atoms with van der Waals surface area (Å²) in [5.41, 5.74) is 1.53. The predicted molar refractivity (Wildman–Crippen MR) is 93.8 cm³/mol. The molecule has 0 fully saturated rings. The van der Waals surface area contributed by atoms with Crippen LogP contribution in [0.15, 0.2) is 60.7 Å². The lowest BCUT2D eigenvalue weighted by atomic mass is 9.87. The third-order valence-electron chi connectivity index (χ3n) is 3.85. The van der Waals surface area contributed by atoms with Crippen LogP contribution in [0.1, 0.15) is 31.0 Å². The largest absolute Gasteiger partial charge is 0.445 e. The molecule has 0 bridgehead atoms. The molecule has 0 saturated heterocycles. The van der Waals surface area contributed by atoms with Gasteiger partial charge in [-0.3, -0.25) is 9.59 Å². The molecule has 2 aromatic rings. The predicted octanol–water partition coefficient (Wildman–Crippen LogP) is 3.45. The van der Waals surface area contributed by atoms with E-state index in [1.807, 2.05) is 36.4 Å². The van der Waals surface area contributed by atoms with Crippen LogP contribution in [0.5, 0.6) is 0 Å². The Morgan fingerprint density at radius 2 is 1.40 bits per heavy atom. The molecule has 25 heavy (non-hydrogen) atoms. The standard InChI is InChI=1S/C20H21NO4/c1-14(22)18(15(2)23)19(17-11-7-4-8-12-17)21-20(24)25-13-16-9-5-3-6-10-16/h3-12,18-19H,13H2,1-2H3,(H,21,24). The molecule has 130 valence electrons. The molecule has 0 aliphatic heterocycles. The van der Waals surface area contributed by atoms with Gasteiger partial charge in [-0.1, -0.05) is 60.7 Å². The van der Waals surface area contributed by atoms with Crippen LogP contribution in [0.25, 0.3) is 0 Å². The fourth-order valence-electron chi connectivity index (χ4n) is 2.67. The number of carbonyl (C=O) groups excluding carboxylic acids is 3. The minimum absolute atomic E-state index is 0.110. The number of carbonyl (C=O) groups is 3. The van der Waals surface area contributed by atoms with Crippen LogP contribution in [0.3, 0.4) is 0 Å². The van der Waals surface area contributed by atoms with Crippen molar-refractivity contribution in [2.75, 3.05) is 0 Å². The Hall–Kier alpha value is -2.95. The van der Waals surface area contributed by atoms with Crippen molar-refractivity contribution < 1.29 is 19.1 Å². The molecule has 0 aromatic heterocycles. The smallest absolute Gasteiger partial charge is 0.407 e. The first-order valence-corrected chi connectivity index (χ1v) is 8.02. The maximum atomic E-state index is 12.2. The fourth-order valence-corrected chi connectivity index (χ4v) is 2.67. The van der Waals surface area contributed by atoms with Gasteiger partial charge in [-0.15, -0.1) is 0 Å². The molecule has 0 aliphatic carbocycles. The quantitative estimate of drug-likeness (QED) is 0.784. The third kappa shape index (κ3) is 5.28. The summed E-state index contributed by atoms with van der Waals surface area (Å²) in [6.45, 7) is 2.80. The number of Topliss-reactive ketones (excluding diaryl/α,β-unsaturated/α-hetero) is 2. The van der Waals surface area contributed by atoms with Crippen LogP contribution >= 0.6 is 0 Å². The van der Waals surface area contributed by atoms with E-state index in [1.165, 1.54) is 13.8 Å². The molecule has 5 nitrogen and oxygen atoms in total. The van der Waals surface area contributed by atoms with Crippen molar-refractivity contribution in [3.05, 3.63) is 71.8 Å². The van der Waals surface area contributed by atoms with E-state index in [1.54, 1.807) is 24.3 Å². The average Bonchev–Trinajstić information content (AvgIpc) is 2.60. The molecule has 0 aliphatic rings. The number of alkyl carbamates (subject to hydrolysis) is 1. The van der Waals surface area contributed by atoms with E-state index < -0.39 is 18.1 Å². The average molecular weight is 339 g/mol. The number of ether oxygens (including phenoxy) is 1. The van der Waals surface area contributed by atoms with E-state index >= 15 is 0 Å². The number of ketones is 2. The van der Waals surface area contributed by atoms with Gasteiger partial charge in [0.15, 0.2) is 0 Å². The highest BCUT2D eigenvalue weighted by Crippen LogP contribution is 2.24. The summed E-state index contributed by atoms with van der Waals surface area (Å²) in [6.07, 6.45) is -0.676. The number of benzene rings is 2. The summed E-state index contributed by atoms with van der Waals surface area (Å²) in [5, 5.41) is 2.66. The van der Waals surface area contributed by atoms with Gasteiger partial charge in [-0.25, -0.2) is 4.79 Å². The first-order chi connectivity index (χ1) is 12.0. The topological polar surface area (TPSA) is 72.5 Å². The van der Waals surface area contributed by atoms with Crippen LogP contribution in [0.4, 0.5) is 4.79 Å². The second-order valence-corrected chi connectivity index (χ2v) is 5.79. The van der Waals surface area contributed by atoms with Crippen molar-refractivity contribution in [2.24, 2.45) is 5.92 Å². The number of rotatable bonds is 7. The zero-order valence-corrected chi connectivity index (χ0v) is 14.3. The van der Waals surface area contributed by atoms with Crippen LogP contribution in [-0.2, 0) is 20.9 Å². The molecule has 0 spiro atoms. The van der Waals surface area contributed by atoms with Gasteiger partial charge in [0.1, 0.15) is 24.1 Å². The van der Waals surface area contributed by atoms with Gasteiger partial charge in [0.2, 0.25) is 0 Å². The summed E-state index contributed by atoms with van der Waals surface area (Å²) in [5.74, 6) is -1.55. The van der Waals surface area contributed by atoms with Gasteiger partial charge in [-0.2, -0.15) is 0 Å². The van der Waals surface area contributed by atoms with Gasteiger partial charge in [0, 0.05) is 0 Å². The minimum atomic E-state index is -0.952. The first kappa shape index (κ1) is 18.4. The highest BCUT2D eigenvalue weighted by Gasteiger charge is 2.32. The number of hydrogen-bond donors (Lipinski definition) is 1. The third-order valence-corrected chi connectivity index (χ3v) is 3.85. The zero-order valence-electron chi connectivity index (χ0n) is 14.3. The molecule has 2 aromatic carbocycles. The molecule has 1 unspecified atom stereocenters. The second-order valence-electron chi connectivity index (χ2n) is 5.79. The summed E-state index contributed by atoms with van der Waals surface area (Å²) < 4.78 is 5.22. The van der Waals surface area contributed by atoms with Crippen molar-refractivity contribution in [1.29, 1.82) is 0 Å².